The van der Waals surface area contributed by atoms with E-state index in [1.54, 1.807) is 32.2 Å². The summed E-state index contributed by atoms with van der Waals surface area (Å²) in [6, 6.07) is 11.1. The zero-order valence-corrected chi connectivity index (χ0v) is 20.3. The number of methoxy groups -OCH3 is 1. The number of hydrogen-bond donors (Lipinski definition) is 2. The van der Waals surface area contributed by atoms with Gasteiger partial charge in [0.15, 0.2) is 5.75 Å². The predicted octanol–water partition coefficient (Wildman–Crippen LogP) is 4.92. The maximum Gasteiger partial charge on any atom is 0.258 e. The molecule has 2 N–H and O–H groups in total. The Kier molecular flexibility index (Phi) is 6.74. The van der Waals surface area contributed by atoms with Crippen molar-refractivity contribution in [2.75, 3.05) is 17.1 Å². The molecular formula is C25H27F2N3O3S. The number of ether oxygens (including phenoxy) is 1. The number of nitrogens with one attached hydrogen (secondary N) is 2. The van der Waals surface area contributed by atoms with Crippen LogP contribution in [0.15, 0.2) is 47.3 Å². The minimum atomic E-state index is -1.56. The minimum Gasteiger partial charge on any atom is -0.494 e. The fraction of sp³-hybridized carbons (Fsp3) is 0.320. The van der Waals surface area contributed by atoms with Crippen molar-refractivity contribution in [3.05, 3.63) is 81.1 Å². The molecule has 1 aliphatic carbocycles. The highest BCUT2D eigenvalue weighted by molar-refractivity contribution is 7.87. The molecule has 9 heteroatoms. The Hall–Kier alpha value is -3.20. The van der Waals surface area contributed by atoms with Crippen molar-refractivity contribution in [2.45, 2.75) is 37.9 Å². The lowest BCUT2D eigenvalue weighted by molar-refractivity contribution is 0.412. The van der Waals surface area contributed by atoms with Crippen LogP contribution in [-0.2, 0) is 24.5 Å². The molecule has 0 radical (unpaired) electrons. The van der Waals surface area contributed by atoms with Crippen LogP contribution < -0.4 is 20.3 Å². The fourth-order valence-corrected chi connectivity index (χ4v) is 5.47. The number of hydrogen-bond acceptors (Lipinski definition) is 4. The van der Waals surface area contributed by atoms with Gasteiger partial charge < -0.3 is 10.1 Å². The van der Waals surface area contributed by atoms with E-state index in [-0.39, 0.29) is 39.8 Å². The summed E-state index contributed by atoms with van der Waals surface area (Å²) in [4.78, 5) is 12.8. The number of nitrogens with zero attached hydrogens (tertiary/aromatic N) is 1. The second-order valence-corrected chi connectivity index (χ2v) is 9.78. The van der Waals surface area contributed by atoms with Gasteiger partial charge in [0, 0.05) is 13.0 Å². The van der Waals surface area contributed by atoms with Crippen molar-refractivity contribution in [3.8, 4) is 5.75 Å². The lowest BCUT2D eigenvalue weighted by Crippen LogP contribution is -2.25. The maximum absolute atomic E-state index is 14.7. The van der Waals surface area contributed by atoms with E-state index in [1.165, 1.54) is 29.9 Å². The van der Waals surface area contributed by atoms with Crippen molar-refractivity contribution >= 4 is 28.2 Å². The normalized spacial score (nSPS) is 17.8. The number of halogens is 2. The Bertz CT molecular complexity index is 1330. The molecule has 0 spiro atoms. The van der Waals surface area contributed by atoms with Crippen LogP contribution in [0.3, 0.4) is 0 Å². The van der Waals surface area contributed by atoms with Crippen LogP contribution in [0.25, 0.3) is 0 Å². The SMILES string of the molecule is CCc1ccc(Nc2c(NS(=O)C3CC3c3cccc(F)c3)c(OC)c(C)c(=O)n2C)c(F)c1. The Balaban J connectivity index is 1.69. The molecule has 1 saturated carbocycles. The van der Waals surface area contributed by atoms with Crippen LogP contribution in [-0.4, -0.2) is 21.1 Å². The van der Waals surface area contributed by atoms with Crippen molar-refractivity contribution < 1.29 is 17.7 Å². The summed E-state index contributed by atoms with van der Waals surface area (Å²) < 4.78 is 51.4. The third-order valence-corrected chi connectivity index (χ3v) is 7.63. The highest BCUT2D eigenvalue weighted by Gasteiger charge is 2.44. The van der Waals surface area contributed by atoms with Gasteiger partial charge in [-0.3, -0.25) is 14.1 Å². The molecule has 1 fully saturated rings. The van der Waals surface area contributed by atoms with Crippen LogP contribution in [0.1, 0.15) is 36.0 Å². The molecule has 2 aromatic carbocycles. The van der Waals surface area contributed by atoms with Gasteiger partial charge in [0.1, 0.15) is 34.1 Å². The molecule has 3 atom stereocenters. The summed E-state index contributed by atoms with van der Waals surface area (Å²) in [6.45, 7) is 3.55. The molecule has 0 amide bonds. The average molecular weight is 488 g/mol. The molecule has 1 heterocycles. The second-order valence-electron chi connectivity index (χ2n) is 8.37. The molecule has 34 heavy (non-hydrogen) atoms. The Morgan fingerprint density at radius 1 is 1.21 bits per heavy atom. The zero-order valence-electron chi connectivity index (χ0n) is 19.4. The van der Waals surface area contributed by atoms with Gasteiger partial charge >= 0.3 is 0 Å². The van der Waals surface area contributed by atoms with Crippen LogP contribution >= 0.6 is 0 Å². The maximum atomic E-state index is 14.7. The van der Waals surface area contributed by atoms with Gasteiger partial charge in [-0.15, -0.1) is 0 Å². The first-order valence-electron chi connectivity index (χ1n) is 11.0. The molecule has 6 nitrogen and oxygen atoms in total. The summed E-state index contributed by atoms with van der Waals surface area (Å²) in [7, 11) is 1.41. The molecule has 0 aliphatic heterocycles. The molecule has 4 rings (SSSR count). The Morgan fingerprint density at radius 2 is 1.97 bits per heavy atom. The monoisotopic (exact) mass is 487 g/mol. The first-order valence-corrected chi connectivity index (χ1v) is 12.2. The van der Waals surface area contributed by atoms with Crippen molar-refractivity contribution in [1.29, 1.82) is 0 Å². The van der Waals surface area contributed by atoms with Crippen molar-refractivity contribution in [2.24, 2.45) is 7.05 Å². The largest absolute Gasteiger partial charge is 0.494 e. The predicted molar refractivity (Wildman–Crippen MR) is 131 cm³/mol. The van der Waals surface area contributed by atoms with E-state index in [2.05, 4.69) is 10.0 Å². The van der Waals surface area contributed by atoms with Crippen molar-refractivity contribution in [1.82, 2.24) is 4.57 Å². The standard InChI is InChI=1S/C25H27F2N3O3S/c1-5-15-9-10-20(19(27)11-15)28-24-22(23(33-4)14(2)25(31)30(24)3)29-34(32)21-13-18(21)16-7-6-8-17(26)12-16/h6-12,18,21,28-29H,5,13H2,1-4H3. The molecule has 0 bridgehead atoms. The summed E-state index contributed by atoms with van der Waals surface area (Å²) in [5.41, 5.74) is 2.11. The van der Waals surface area contributed by atoms with E-state index < -0.39 is 16.8 Å². The number of anilines is 3. The smallest absolute Gasteiger partial charge is 0.258 e. The molecule has 1 aromatic heterocycles. The van der Waals surface area contributed by atoms with Gasteiger partial charge in [-0.25, -0.2) is 13.0 Å². The lowest BCUT2D eigenvalue weighted by atomic mass is 10.1. The average Bonchev–Trinajstić information content (AvgIpc) is 3.62. The number of benzene rings is 2. The molecule has 180 valence electrons. The summed E-state index contributed by atoms with van der Waals surface area (Å²) in [5, 5.41) is 2.74. The second kappa shape index (κ2) is 9.58. The van der Waals surface area contributed by atoms with Gasteiger partial charge in [-0.2, -0.15) is 0 Å². The first-order chi connectivity index (χ1) is 16.2. The van der Waals surface area contributed by atoms with E-state index in [0.29, 0.717) is 24.1 Å². The van der Waals surface area contributed by atoms with Crippen LogP contribution in [0.5, 0.6) is 5.75 Å². The highest BCUT2D eigenvalue weighted by Crippen LogP contribution is 2.46. The van der Waals surface area contributed by atoms with Crippen LogP contribution in [0.4, 0.5) is 26.0 Å². The zero-order chi connectivity index (χ0) is 24.6. The molecule has 0 saturated heterocycles. The first kappa shape index (κ1) is 23.9. The Morgan fingerprint density at radius 3 is 2.62 bits per heavy atom. The molecular weight excluding hydrogens is 460 g/mol. The van der Waals surface area contributed by atoms with Crippen LogP contribution in [0.2, 0.25) is 0 Å². The fourth-order valence-electron chi connectivity index (χ4n) is 4.09. The van der Waals surface area contributed by atoms with Gasteiger partial charge in [0.25, 0.3) is 5.56 Å². The lowest BCUT2D eigenvalue weighted by Gasteiger charge is -2.21. The number of aryl methyl sites for hydroxylation is 1. The van der Waals surface area contributed by atoms with Gasteiger partial charge in [0.05, 0.1) is 23.6 Å². The summed E-state index contributed by atoms with van der Waals surface area (Å²) in [5.74, 6) is -0.384. The third-order valence-electron chi connectivity index (χ3n) is 6.15. The van der Waals surface area contributed by atoms with Gasteiger partial charge in [-0.1, -0.05) is 25.1 Å². The number of pyridine rings is 1. The summed E-state index contributed by atoms with van der Waals surface area (Å²) in [6.07, 6.45) is 1.32. The third kappa shape index (κ3) is 4.57. The minimum absolute atomic E-state index is 0.0425. The van der Waals surface area contributed by atoms with E-state index in [4.69, 9.17) is 4.74 Å². The van der Waals surface area contributed by atoms with Gasteiger partial charge in [-0.05, 0) is 55.2 Å². The van der Waals surface area contributed by atoms with Gasteiger partial charge in [0.2, 0.25) is 0 Å². The molecule has 3 unspecified atom stereocenters. The molecule has 3 aromatic rings. The number of rotatable bonds is 8. The van der Waals surface area contributed by atoms with E-state index in [1.807, 2.05) is 13.0 Å². The van der Waals surface area contributed by atoms with E-state index in [9.17, 15) is 17.8 Å². The van der Waals surface area contributed by atoms with Crippen LogP contribution in [0, 0.1) is 18.6 Å². The highest BCUT2D eigenvalue weighted by atomic mass is 32.2. The van der Waals surface area contributed by atoms with E-state index in [0.717, 1.165) is 11.1 Å². The molecule has 1 aliphatic rings. The van der Waals surface area contributed by atoms with E-state index >= 15 is 0 Å². The topological polar surface area (TPSA) is 72.4 Å². The Labute approximate surface area is 199 Å². The van der Waals surface area contributed by atoms with Crippen molar-refractivity contribution in [3.63, 3.8) is 0 Å². The quantitative estimate of drug-likeness (QED) is 0.473. The summed E-state index contributed by atoms with van der Waals surface area (Å²) >= 11 is 0. The number of aromatic nitrogens is 1.